The summed E-state index contributed by atoms with van der Waals surface area (Å²) in [6.45, 7) is 0.722. The number of ether oxygens (including phenoxy) is 1. The Hall–Kier alpha value is 0.640. The van der Waals surface area contributed by atoms with Gasteiger partial charge in [-0.25, -0.2) is 4.98 Å². The van der Waals surface area contributed by atoms with Gasteiger partial charge in [0, 0.05) is 16.0 Å². The van der Waals surface area contributed by atoms with Crippen molar-refractivity contribution in [1.82, 2.24) is 4.98 Å². The minimum atomic E-state index is 0.722. The van der Waals surface area contributed by atoms with Crippen LogP contribution in [-0.2, 0) is 0 Å². The molecule has 0 radical (unpaired) electrons. The molecule has 1 aromatic heterocycles. The van der Waals surface area contributed by atoms with E-state index in [9.17, 15) is 0 Å². The Labute approximate surface area is 108 Å². The number of hydrogen-bond donors (Lipinski definition) is 0. The van der Waals surface area contributed by atoms with Crippen LogP contribution >= 0.6 is 54.5 Å². The highest BCUT2D eigenvalue weighted by Crippen LogP contribution is 2.22. The maximum Gasteiger partial charge on any atom is 0.152 e. The van der Waals surface area contributed by atoms with Crippen molar-refractivity contribution in [3.05, 3.63) is 20.4 Å². The highest BCUT2D eigenvalue weighted by molar-refractivity contribution is 14.1. The van der Waals surface area contributed by atoms with Crippen molar-refractivity contribution in [2.24, 2.45) is 0 Å². The molecule has 0 spiro atoms. The summed E-state index contributed by atoms with van der Waals surface area (Å²) in [5.41, 5.74) is 0. The van der Waals surface area contributed by atoms with Gasteiger partial charge in [-0.05, 0) is 51.0 Å². The Morgan fingerprint density at radius 3 is 3.00 bits per heavy atom. The zero-order valence-corrected chi connectivity index (χ0v) is 12.1. The third-order valence-electron chi connectivity index (χ3n) is 1.31. The Kier molecular flexibility index (Phi) is 5.57. The van der Waals surface area contributed by atoms with Crippen LogP contribution < -0.4 is 4.74 Å². The smallest absolute Gasteiger partial charge is 0.152 e. The van der Waals surface area contributed by atoms with Gasteiger partial charge in [-0.3, -0.25) is 0 Å². The molecule has 1 heterocycles. The van der Waals surface area contributed by atoms with Gasteiger partial charge in [0.15, 0.2) is 5.75 Å². The van der Waals surface area contributed by atoms with Crippen LogP contribution in [0, 0.1) is 3.70 Å². The average Bonchev–Trinajstić information content (AvgIpc) is 2.11. The Morgan fingerprint density at radius 1 is 1.54 bits per heavy atom. The molecule has 1 rings (SSSR count). The first kappa shape index (κ1) is 11.7. The molecule has 2 nitrogen and oxygen atoms in total. The summed E-state index contributed by atoms with van der Waals surface area (Å²) in [7, 11) is 0. The van der Waals surface area contributed by atoms with Crippen LogP contribution in [0.2, 0.25) is 0 Å². The lowest BCUT2D eigenvalue weighted by molar-refractivity contribution is 0.315. The lowest BCUT2D eigenvalue weighted by Gasteiger charge is -2.06. The van der Waals surface area contributed by atoms with E-state index in [1.54, 1.807) is 6.20 Å². The maximum atomic E-state index is 5.53. The van der Waals surface area contributed by atoms with E-state index in [0.717, 1.165) is 32.3 Å². The van der Waals surface area contributed by atoms with Gasteiger partial charge in [0.25, 0.3) is 0 Å². The summed E-state index contributed by atoms with van der Waals surface area (Å²) in [5, 5.41) is 0.963. The first-order valence-corrected chi connectivity index (χ1v) is 6.73. The van der Waals surface area contributed by atoms with Crippen LogP contribution in [-0.4, -0.2) is 16.9 Å². The zero-order chi connectivity index (χ0) is 9.68. The van der Waals surface area contributed by atoms with Crippen molar-refractivity contribution in [2.75, 3.05) is 11.9 Å². The predicted octanol–water partition coefficient (Wildman–Crippen LogP) is 3.61. The molecular weight excluding hydrogens is 413 g/mol. The van der Waals surface area contributed by atoms with Gasteiger partial charge < -0.3 is 4.74 Å². The monoisotopic (exact) mass is 419 g/mol. The van der Waals surface area contributed by atoms with E-state index in [-0.39, 0.29) is 0 Å². The third-order valence-corrected chi connectivity index (χ3v) is 3.11. The fourth-order valence-corrected chi connectivity index (χ4v) is 1.73. The number of nitrogens with zero attached hydrogens (tertiary/aromatic N) is 1. The molecule has 1 aromatic rings. The predicted molar refractivity (Wildman–Crippen MR) is 68.6 cm³/mol. The van der Waals surface area contributed by atoms with E-state index < -0.39 is 0 Å². The highest BCUT2D eigenvalue weighted by Gasteiger charge is 2.02. The molecule has 13 heavy (non-hydrogen) atoms. The van der Waals surface area contributed by atoms with Crippen molar-refractivity contribution in [3.63, 3.8) is 0 Å². The number of aromatic nitrogens is 1. The van der Waals surface area contributed by atoms with Crippen molar-refractivity contribution >= 4 is 54.5 Å². The maximum absolute atomic E-state index is 5.53. The van der Waals surface area contributed by atoms with E-state index in [2.05, 4.69) is 59.4 Å². The van der Waals surface area contributed by atoms with Gasteiger partial charge in [-0.2, -0.15) is 0 Å². The van der Waals surface area contributed by atoms with E-state index in [1.165, 1.54) is 0 Å². The second kappa shape index (κ2) is 6.19. The topological polar surface area (TPSA) is 22.1 Å². The van der Waals surface area contributed by atoms with Gasteiger partial charge in [-0.15, -0.1) is 0 Å². The molecule has 0 bridgehead atoms. The summed E-state index contributed by atoms with van der Waals surface area (Å²) in [5.74, 6) is 0.843. The lowest BCUT2D eigenvalue weighted by Crippen LogP contribution is -2.00. The fourth-order valence-electron chi connectivity index (χ4n) is 0.742. The summed E-state index contributed by atoms with van der Waals surface area (Å²) in [6, 6.07) is 1.93. The van der Waals surface area contributed by atoms with Crippen molar-refractivity contribution in [3.8, 4) is 5.75 Å². The van der Waals surface area contributed by atoms with Crippen LogP contribution in [0.5, 0.6) is 5.75 Å². The molecule has 0 fully saturated rings. The highest BCUT2D eigenvalue weighted by atomic mass is 127. The first-order chi connectivity index (χ1) is 6.24. The van der Waals surface area contributed by atoms with Crippen LogP contribution in [0.1, 0.15) is 6.42 Å². The number of pyridine rings is 1. The quantitative estimate of drug-likeness (QED) is 0.321. The van der Waals surface area contributed by atoms with Gasteiger partial charge in [-0.1, -0.05) is 15.9 Å². The van der Waals surface area contributed by atoms with Crippen LogP contribution in [0.15, 0.2) is 16.7 Å². The number of hydrogen-bond acceptors (Lipinski definition) is 2. The largest absolute Gasteiger partial charge is 0.491 e. The van der Waals surface area contributed by atoms with Crippen molar-refractivity contribution in [2.45, 2.75) is 6.42 Å². The number of alkyl halides is 1. The molecular formula is C8H8Br2INO. The molecule has 0 aliphatic rings. The third kappa shape index (κ3) is 4.12. The lowest BCUT2D eigenvalue weighted by atomic mass is 10.4. The van der Waals surface area contributed by atoms with Gasteiger partial charge in [0.2, 0.25) is 0 Å². The Balaban J connectivity index is 2.59. The zero-order valence-electron chi connectivity index (χ0n) is 6.77. The Bertz CT molecular complexity index is 283. The molecule has 0 unspecified atom stereocenters. The number of rotatable bonds is 4. The molecule has 0 N–H and O–H groups in total. The second-order valence-electron chi connectivity index (χ2n) is 2.33. The molecule has 72 valence electrons. The molecule has 5 heteroatoms. The van der Waals surface area contributed by atoms with E-state index in [1.807, 2.05) is 6.07 Å². The Morgan fingerprint density at radius 2 is 2.31 bits per heavy atom. The normalized spacial score (nSPS) is 10.1. The van der Waals surface area contributed by atoms with Crippen molar-refractivity contribution < 1.29 is 4.74 Å². The number of halogens is 3. The molecule has 0 atom stereocenters. The van der Waals surface area contributed by atoms with Gasteiger partial charge in [0.1, 0.15) is 3.70 Å². The summed E-state index contributed by atoms with van der Waals surface area (Å²) >= 11 is 8.86. The molecule has 0 aromatic carbocycles. The molecule has 0 saturated carbocycles. The van der Waals surface area contributed by atoms with E-state index in [0.29, 0.717) is 0 Å². The molecule has 0 saturated heterocycles. The SMILES string of the molecule is BrCCCOc1cc(Br)cnc1I. The van der Waals surface area contributed by atoms with Gasteiger partial charge >= 0.3 is 0 Å². The summed E-state index contributed by atoms with van der Waals surface area (Å²) < 4.78 is 7.37. The average molecular weight is 421 g/mol. The first-order valence-electron chi connectivity index (χ1n) is 3.74. The summed E-state index contributed by atoms with van der Waals surface area (Å²) in [4.78, 5) is 4.16. The second-order valence-corrected chi connectivity index (χ2v) is 5.06. The fraction of sp³-hybridized carbons (Fsp3) is 0.375. The van der Waals surface area contributed by atoms with Crippen LogP contribution in [0.4, 0.5) is 0 Å². The minimum absolute atomic E-state index is 0.722. The van der Waals surface area contributed by atoms with E-state index >= 15 is 0 Å². The van der Waals surface area contributed by atoms with Crippen molar-refractivity contribution in [1.29, 1.82) is 0 Å². The van der Waals surface area contributed by atoms with E-state index in [4.69, 9.17) is 4.74 Å². The van der Waals surface area contributed by atoms with Crippen LogP contribution in [0.25, 0.3) is 0 Å². The molecule has 0 aliphatic heterocycles. The van der Waals surface area contributed by atoms with Gasteiger partial charge in [0.05, 0.1) is 6.61 Å². The molecule has 0 aliphatic carbocycles. The standard InChI is InChI=1S/C8H8Br2INO/c9-2-1-3-13-7-4-6(10)5-12-8(7)11/h4-5H,1-3H2. The van der Waals surface area contributed by atoms with Crippen LogP contribution in [0.3, 0.4) is 0 Å². The minimum Gasteiger partial charge on any atom is -0.491 e. The molecule has 0 amide bonds. The summed E-state index contributed by atoms with van der Waals surface area (Å²) in [6.07, 6.45) is 2.77.